The maximum atomic E-state index is 6.15. The number of rotatable bonds is 3. The van der Waals surface area contributed by atoms with Crippen LogP contribution in [0.3, 0.4) is 0 Å². The molecule has 1 heteroatoms. The smallest absolute Gasteiger partial charge is 0.120 e. The van der Waals surface area contributed by atoms with E-state index in [9.17, 15) is 0 Å². The summed E-state index contributed by atoms with van der Waals surface area (Å²) >= 11 is 0. The van der Waals surface area contributed by atoms with E-state index >= 15 is 0 Å². The lowest BCUT2D eigenvalue weighted by Gasteiger charge is -2.18. The summed E-state index contributed by atoms with van der Waals surface area (Å²) in [6, 6.07) is 13.2. The van der Waals surface area contributed by atoms with Crippen LogP contribution in [0.15, 0.2) is 36.4 Å². The van der Waals surface area contributed by atoms with E-state index in [1.165, 1.54) is 35.6 Å². The predicted molar refractivity (Wildman–Crippen MR) is 80.8 cm³/mol. The van der Waals surface area contributed by atoms with Crippen molar-refractivity contribution in [2.45, 2.75) is 45.6 Å². The molecule has 0 spiro atoms. The highest BCUT2D eigenvalue weighted by Crippen LogP contribution is 2.30. The van der Waals surface area contributed by atoms with Crippen molar-refractivity contribution < 1.29 is 4.74 Å². The molecule has 3 rings (SSSR count). The molecule has 2 atom stereocenters. The topological polar surface area (TPSA) is 9.23 Å². The van der Waals surface area contributed by atoms with Crippen LogP contribution in [0.1, 0.15) is 38.7 Å². The second-order valence-corrected chi connectivity index (χ2v) is 5.76. The molecular formula is C18H22O. The fourth-order valence-electron chi connectivity index (χ4n) is 3.03. The molecule has 0 N–H and O–H groups in total. The van der Waals surface area contributed by atoms with Crippen molar-refractivity contribution >= 4 is 10.8 Å². The van der Waals surface area contributed by atoms with Gasteiger partial charge in [-0.1, -0.05) is 38.1 Å². The SMILES string of the molecule is CCc1ccc2cc(OC3CCCC3C)ccc2c1. The van der Waals surface area contributed by atoms with Gasteiger partial charge in [-0.25, -0.2) is 0 Å². The molecule has 19 heavy (non-hydrogen) atoms. The summed E-state index contributed by atoms with van der Waals surface area (Å²) in [5, 5.41) is 2.59. The van der Waals surface area contributed by atoms with Crippen LogP contribution in [0, 0.1) is 5.92 Å². The third kappa shape index (κ3) is 2.60. The Kier molecular flexibility index (Phi) is 3.46. The zero-order valence-electron chi connectivity index (χ0n) is 11.9. The van der Waals surface area contributed by atoms with Gasteiger partial charge in [-0.05, 0) is 60.1 Å². The Labute approximate surface area is 115 Å². The third-order valence-corrected chi connectivity index (χ3v) is 4.35. The van der Waals surface area contributed by atoms with Gasteiger partial charge in [0.1, 0.15) is 11.9 Å². The molecule has 1 nitrogen and oxygen atoms in total. The quantitative estimate of drug-likeness (QED) is 0.751. The Morgan fingerprint density at radius 1 is 1.05 bits per heavy atom. The lowest BCUT2D eigenvalue weighted by atomic mass is 10.1. The molecule has 2 unspecified atom stereocenters. The standard InChI is InChI=1S/C18H22O/c1-3-14-7-8-16-12-17(10-9-15(16)11-14)19-18-6-4-5-13(18)2/h7-13,18H,3-6H2,1-2H3. The van der Waals surface area contributed by atoms with Crippen molar-refractivity contribution in [1.82, 2.24) is 0 Å². The number of ether oxygens (including phenoxy) is 1. The first-order valence-corrected chi connectivity index (χ1v) is 7.45. The van der Waals surface area contributed by atoms with Crippen LogP contribution in [0.4, 0.5) is 0 Å². The van der Waals surface area contributed by atoms with E-state index in [1.54, 1.807) is 0 Å². The summed E-state index contributed by atoms with van der Waals surface area (Å²) < 4.78 is 6.15. The van der Waals surface area contributed by atoms with Crippen LogP contribution in [0.5, 0.6) is 5.75 Å². The predicted octanol–water partition coefficient (Wildman–Crippen LogP) is 4.97. The minimum Gasteiger partial charge on any atom is -0.490 e. The number of benzene rings is 2. The van der Waals surface area contributed by atoms with Crippen molar-refractivity contribution in [2.24, 2.45) is 5.92 Å². The molecule has 2 aromatic carbocycles. The van der Waals surface area contributed by atoms with E-state index in [0.717, 1.165) is 12.2 Å². The van der Waals surface area contributed by atoms with Gasteiger partial charge >= 0.3 is 0 Å². The summed E-state index contributed by atoms with van der Waals surface area (Å²) in [6.07, 6.45) is 5.31. The second kappa shape index (κ2) is 5.24. The summed E-state index contributed by atoms with van der Waals surface area (Å²) in [5.74, 6) is 1.72. The first kappa shape index (κ1) is 12.5. The lowest BCUT2D eigenvalue weighted by molar-refractivity contribution is 0.168. The summed E-state index contributed by atoms with van der Waals surface area (Å²) in [4.78, 5) is 0. The molecular weight excluding hydrogens is 232 g/mol. The van der Waals surface area contributed by atoms with E-state index in [4.69, 9.17) is 4.74 Å². The molecule has 1 aliphatic carbocycles. The second-order valence-electron chi connectivity index (χ2n) is 5.76. The van der Waals surface area contributed by atoms with Crippen LogP contribution in [0.25, 0.3) is 10.8 Å². The van der Waals surface area contributed by atoms with Gasteiger partial charge in [-0.3, -0.25) is 0 Å². The van der Waals surface area contributed by atoms with Crippen LogP contribution in [-0.4, -0.2) is 6.10 Å². The van der Waals surface area contributed by atoms with Gasteiger partial charge in [0, 0.05) is 0 Å². The Hall–Kier alpha value is -1.50. The molecule has 1 saturated carbocycles. The van der Waals surface area contributed by atoms with E-state index in [2.05, 4.69) is 50.2 Å². The van der Waals surface area contributed by atoms with E-state index in [1.807, 2.05) is 0 Å². The van der Waals surface area contributed by atoms with Crippen LogP contribution >= 0.6 is 0 Å². The van der Waals surface area contributed by atoms with Crippen molar-refractivity contribution in [1.29, 1.82) is 0 Å². The van der Waals surface area contributed by atoms with Gasteiger partial charge < -0.3 is 4.74 Å². The summed E-state index contributed by atoms with van der Waals surface area (Å²) in [6.45, 7) is 4.49. The average Bonchev–Trinajstić information content (AvgIpc) is 2.84. The highest BCUT2D eigenvalue weighted by molar-refractivity contribution is 5.84. The third-order valence-electron chi connectivity index (χ3n) is 4.35. The van der Waals surface area contributed by atoms with Crippen LogP contribution in [-0.2, 0) is 6.42 Å². The zero-order chi connectivity index (χ0) is 13.2. The fourth-order valence-corrected chi connectivity index (χ4v) is 3.03. The van der Waals surface area contributed by atoms with Gasteiger partial charge in [0.25, 0.3) is 0 Å². The Balaban J connectivity index is 1.85. The van der Waals surface area contributed by atoms with Gasteiger partial charge in [0.05, 0.1) is 0 Å². The van der Waals surface area contributed by atoms with Crippen molar-refractivity contribution in [2.75, 3.05) is 0 Å². The van der Waals surface area contributed by atoms with Crippen LogP contribution < -0.4 is 4.74 Å². The molecule has 1 aliphatic rings. The maximum Gasteiger partial charge on any atom is 0.120 e. The Morgan fingerprint density at radius 2 is 1.84 bits per heavy atom. The monoisotopic (exact) mass is 254 g/mol. The molecule has 0 aliphatic heterocycles. The molecule has 0 amide bonds. The molecule has 2 aromatic rings. The number of hydrogen-bond donors (Lipinski definition) is 0. The lowest BCUT2D eigenvalue weighted by Crippen LogP contribution is -2.18. The Morgan fingerprint density at radius 3 is 2.58 bits per heavy atom. The van der Waals surface area contributed by atoms with Gasteiger partial charge in [-0.15, -0.1) is 0 Å². The molecule has 0 saturated heterocycles. The molecule has 0 aromatic heterocycles. The number of hydrogen-bond acceptors (Lipinski definition) is 1. The van der Waals surface area contributed by atoms with E-state index in [-0.39, 0.29) is 0 Å². The number of aryl methyl sites for hydroxylation is 1. The highest BCUT2D eigenvalue weighted by atomic mass is 16.5. The number of fused-ring (bicyclic) bond motifs is 1. The van der Waals surface area contributed by atoms with Crippen molar-refractivity contribution in [3.8, 4) is 5.75 Å². The Bertz CT molecular complexity index is 573. The molecule has 100 valence electrons. The highest BCUT2D eigenvalue weighted by Gasteiger charge is 2.24. The normalized spacial score (nSPS) is 22.8. The average molecular weight is 254 g/mol. The maximum absolute atomic E-state index is 6.15. The van der Waals surface area contributed by atoms with Gasteiger partial charge in [-0.2, -0.15) is 0 Å². The minimum atomic E-state index is 0.410. The molecule has 0 heterocycles. The first-order chi connectivity index (χ1) is 9.26. The zero-order valence-corrected chi connectivity index (χ0v) is 11.9. The summed E-state index contributed by atoms with van der Waals surface area (Å²) in [7, 11) is 0. The first-order valence-electron chi connectivity index (χ1n) is 7.45. The van der Waals surface area contributed by atoms with Gasteiger partial charge in [0.15, 0.2) is 0 Å². The van der Waals surface area contributed by atoms with Crippen LogP contribution in [0.2, 0.25) is 0 Å². The van der Waals surface area contributed by atoms with Gasteiger partial charge in [0.2, 0.25) is 0 Å². The molecule has 0 bridgehead atoms. The molecule has 0 radical (unpaired) electrons. The summed E-state index contributed by atoms with van der Waals surface area (Å²) in [5.41, 5.74) is 1.39. The minimum absolute atomic E-state index is 0.410. The molecule has 1 fully saturated rings. The van der Waals surface area contributed by atoms with E-state index < -0.39 is 0 Å². The van der Waals surface area contributed by atoms with E-state index in [0.29, 0.717) is 12.0 Å². The van der Waals surface area contributed by atoms with Crippen molar-refractivity contribution in [3.05, 3.63) is 42.0 Å². The van der Waals surface area contributed by atoms with Crippen molar-refractivity contribution in [3.63, 3.8) is 0 Å². The fraction of sp³-hybridized carbons (Fsp3) is 0.444. The largest absolute Gasteiger partial charge is 0.490 e.